The summed E-state index contributed by atoms with van der Waals surface area (Å²) in [5, 5.41) is 13.3. The molecule has 1 N–H and O–H groups in total. The average molecular weight is 297 g/mol. The molecule has 20 heavy (non-hydrogen) atoms. The molecule has 0 unspecified atom stereocenters. The summed E-state index contributed by atoms with van der Waals surface area (Å²) >= 11 is 6.11. The van der Waals surface area contributed by atoms with Crippen molar-refractivity contribution in [3.8, 4) is 17.2 Å². The maximum atomic E-state index is 11.2. The summed E-state index contributed by atoms with van der Waals surface area (Å²) in [4.78, 5) is 11.2. The van der Waals surface area contributed by atoms with Gasteiger partial charge in [0.2, 0.25) is 0 Å². The number of carbonyl (C=O) groups is 1. The lowest BCUT2D eigenvalue weighted by Gasteiger charge is -2.11. The fourth-order valence-corrected chi connectivity index (χ4v) is 2.21. The van der Waals surface area contributed by atoms with Crippen LogP contribution in [0.4, 0.5) is 0 Å². The lowest BCUT2D eigenvalue weighted by Crippen LogP contribution is -2.02. The van der Waals surface area contributed by atoms with Crippen molar-refractivity contribution in [1.82, 2.24) is 9.78 Å². The summed E-state index contributed by atoms with van der Waals surface area (Å²) in [5.41, 5.74) is 0.802. The third-order valence-corrected chi connectivity index (χ3v) is 3.18. The van der Waals surface area contributed by atoms with Crippen LogP contribution in [0.2, 0.25) is 5.15 Å². The highest BCUT2D eigenvalue weighted by Crippen LogP contribution is 2.31. The van der Waals surface area contributed by atoms with E-state index in [-0.39, 0.29) is 10.7 Å². The van der Waals surface area contributed by atoms with Gasteiger partial charge in [-0.15, -0.1) is 0 Å². The predicted octanol–water partition coefficient (Wildman–Crippen LogP) is 2.55. The van der Waals surface area contributed by atoms with Crippen molar-refractivity contribution in [3.05, 3.63) is 34.6 Å². The van der Waals surface area contributed by atoms with Gasteiger partial charge >= 0.3 is 5.97 Å². The molecule has 6 nitrogen and oxygen atoms in total. The van der Waals surface area contributed by atoms with Crippen LogP contribution in [0.3, 0.4) is 0 Å². The molecule has 0 saturated carbocycles. The van der Waals surface area contributed by atoms with Crippen molar-refractivity contribution in [2.24, 2.45) is 0 Å². The molecule has 0 fully saturated rings. The molecule has 2 aromatic rings. The van der Waals surface area contributed by atoms with Crippen molar-refractivity contribution in [2.45, 2.75) is 6.92 Å². The molecule has 7 heteroatoms. The monoisotopic (exact) mass is 296 g/mol. The first kappa shape index (κ1) is 14.2. The van der Waals surface area contributed by atoms with Crippen LogP contribution < -0.4 is 9.47 Å². The van der Waals surface area contributed by atoms with Crippen molar-refractivity contribution in [1.29, 1.82) is 0 Å². The van der Waals surface area contributed by atoms with Crippen molar-refractivity contribution in [2.75, 3.05) is 14.2 Å². The lowest BCUT2D eigenvalue weighted by atomic mass is 10.2. The Kier molecular flexibility index (Phi) is 3.85. The Balaban J connectivity index is 2.68. The zero-order valence-corrected chi connectivity index (χ0v) is 11.9. The topological polar surface area (TPSA) is 73.6 Å². The Morgan fingerprint density at radius 2 is 2.05 bits per heavy atom. The van der Waals surface area contributed by atoms with Crippen LogP contribution in [0.15, 0.2) is 18.2 Å². The minimum atomic E-state index is -1.12. The van der Waals surface area contributed by atoms with Gasteiger partial charge in [-0.3, -0.25) is 0 Å². The molecule has 0 aliphatic heterocycles. The second kappa shape index (κ2) is 5.42. The van der Waals surface area contributed by atoms with Crippen molar-refractivity contribution < 1.29 is 19.4 Å². The molecule has 1 aromatic carbocycles. The standard InChI is InChI=1S/C13H13ClN2O4/c1-7-11(13(17)18)12(14)16(15-7)9-6-8(19-2)4-5-10(9)20-3/h4-6H,1-3H3,(H,17,18). The molecule has 0 aliphatic carbocycles. The molecule has 2 rings (SSSR count). The minimum Gasteiger partial charge on any atom is -0.497 e. The van der Waals surface area contributed by atoms with Crippen molar-refractivity contribution in [3.63, 3.8) is 0 Å². The Morgan fingerprint density at radius 3 is 2.55 bits per heavy atom. The highest BCUT2D eigenvalue weighted by Gasteiger charge is 2.22. The van der Waals surface area contributed by atoms with Gasteiger partial charge in [0.25, 0.3) is 0 Å². The molecule has 0 aliphatic rings. The molecule has 0 radical (unpaired) electrons. The van der Waals surface area contributed by atoms with Gasteiger partial charge in [0.05, 0.1) is 19.9 Å². The van der Waals surface area contributed by atoms with Crippen LogP contribution in [0, 0.1) is 6.92 Å². The van der Waals surface area contributed by atoms with Crippen LogP contribution in [-0.4, -0.2) is 35.1 Å². The number of aromatic nitrogens is 2. The second-order valence-electron chi connectivity index (χ2n) is 4.01. The summed E-state index contributed by atoms with van der Waals surface area (Å²) in [6.07, 6.45) is 0. The van der Waals surface area contributed by atoms with Gasteiger partial charge in [-0.1, -0.05) is 11.6 Å². The number of hydrogen-bond acceptors (Lipinski definition) is 4. The Labute approximate surface area is 120 Å². The first-order valence-corrected chi connectivity index (χ1v) is 6.08. The van der Waals surface area contributed by atoms with E-state index in [2.05, 4.69) is 5.10 Å². The number of rotatable bonds is 4. The van der Waals surface area contributed by atoms with Crippen LogP contribution in [0.1, 0.15) is 16.1 Å². The first-order valence-electron chi connectivity index (χ1n) is 5.70. The number of methoxy groups -OCH3 is 2. The van der Waals surface area contributed by atoms with Gasteiger partial charge in [0.15, 0.2) is 0 Å². The lowest BCUT2D eigenvalue weighted by molar-refractivity contribution is 0.0696. The van der Waals surface area contributed by atoms with E-state index in [1.807, 2.05) is 0 Å². The van der Waals surface area contributed by atoms with E-state index in [9.17, 15) is 4.79 Å². The number of halogens is 1. The second-order valence-corrected chi connectivity index (χ2v) is 4.36. The zero-order valence-electron chi connectivity index (χ0n) is 11.2. The van der Waals surface area contributed by atoms with E-state index < -0.39 is 5.97 Å². The number of nitrogens with zero attached hydrogens (tertiary/aromatic N) is 2. The number of carboxylic acids is 1. The van der Waals surface area contributed by atoms with Gasteiger partial charge < -0.3 is 14.6 Å². The van der Waals surface area contributed by atoms with Crippen LogP contribution in [-0.2, 0) is 0 Å². The number of aromatic carboxylic acids is 1. The highest BCUT2D eigenvalue weighted by molar-refractivity contribution is 6.33. The zero-order chi connectivity index (χ0) is 14.9. The maximum Gasteiger partial charge on any atom is 0.340 e. The molecule has 0 saturated heterocycles. The largest absolute Gasteiger partial charge is 0.497 e. The molecule has 0 atom stereocenters. The highest BCUT2D eigenvalue weighted by atomic mass is 35.5. The normalized spacial score (nSPS) is 10.4. The molecule has 106 valence electrons. The maximum absolute atomic E-state index is 11.2. The molecule has 1 heterocycles. The summed E-state index contributed by atoms with van der Waals surface area (Å²) < 4.78 is 11.7. The Morgan fingerprint density at radius 1 is 1.35 bits per heavy atom. The number of benzene rings is 1. The number of aryl methyl sites for hydroxylation is 1. The van der Waals surface area contributed by atoms with Gasteiger partial charge in [-0.2, -0.15) is 5.10 Å². The third-order valence-electron chi connectivity index (χ3n) is 2.83. The Bertz CT molecular complexity index is 667. The summed E-state index contributed by atoms with van der Waals surface area (Å²) in [5.74, 6) is -0.0327. The van der Waals surface area contributed by atoms with E-state index in [1.165, 1.54) is 18.9 Å². The Hall–Kier alpha value is -2.21. The summed E-state index contributed by atoms with van der Waals surface area (Å²) in [6, 6.07) is 5.09. The van der Waals surface area contributed by atoms with Crippen LogP contribution >= 0.6 is 11.6 Å². The SMILES string of the molecule is COc1ccc(OC)c(-n2nc(C)c(C(=O)O)c2Cl)c1. The van der Waals surface area contributed by atoms with E-state index in [1.54, 1.807) is 25.1 Å². The van der Waals surface area contributed by atoms with Gasteiger partial charge in [0.1, 0.15) is 27.9 Å². The quantitative estimate of drug-likeness (QED) is 0.938. The molecular formula is C13H13ClN2O4. The van der Waals surface area contributed by atoms with E-state index >= 15 is 0 Å². The summed E-state index contributed by atoms with van der Waals surface area (Å²) in [6.45, 7) is 1.58. The van der Waals surface area contributed by atoms with Crippen LogP contribution in [0.5, 0.6) is 11.5 Å². The van der Waals surface area contributed by atoms with E-state index in [0.29, 0.717) is 22.9 Å². The first-order chi connectivity index (χ1) is 9.49. The van der Waals surface area contributed by atoms with Gasteiger partial charge in [0, 0.05) is 6.07 Å². The third kappa shape index (κ3) is 2.30. The molecule has 0 amide bonds. The van der Waals surface area contributed by atoms with Gasteiger partial charge in [-0.25, -0.2) is 9.48 Å². The van der Waals surface area contributed by atoms with E-state index in [0.717, 1.165) is 0 Å². The summed E-state index contributed by atoms with van der Waals surface area (Å²) in [7, 11) is 3.04. The molecule has 1 aromatic heterocycles. The molecule has 0 spiro atoms. The molecular weight excluding hydrogens is 284 g/mol. The minimum absolute atomic E-state index is 0.0153. The number of carboxylic acid groups (broad SMARTS) is 1. The average Bonchev–Trinajstić information content (AvgIpc) is 2.73. The van der Waals surface area contributed by atoms with Gasteiger partial charge in [-0.05, 0) is 19.1 Å². The fraction of sp³-hybridized carbons (Fsp3) is 0.231. The van der Waals surface area contributed by atoms with Crippen molar-refractivity contribution >= 4 is 17.6 Å². The number of hydrogen-bond donors (Lipinski definition) is 1. The van der Waals surface area contributed by atoms with E-state index in [4.69, 9.17) is 26.2 Å². The van der Waals surface area contributed by atoms with Crippen LogP contribution in [0.25, 0.3) is 5.69 Å². The predicted molar refractivity (Wildman–Crippen MR) is 73.4 cm³/mol. The number of ether oxygens (including phenoxy) is 2. The molecule has 0 bridgehead atoms. The smallest absolute Gasteiger partial charge is 0.340 e. The fourth-order valence-electron chi connectivity index (χ4n) is 1.86.